The Morgan fingerprint density at radius 3 is 3.06 bits per heavy atom. The molecule has 0 saturated heterocycles. The van der Waals surface area contributed by atoms with Gasteiger partial charge in [0.2, 0.25) is 0 Å². The Labute approximate surface area is 109 Å². The number of nitrogens with zero attached hydrogens (tertiary/aromatic N) is 2. The number of carboxylic acid groups (broad SMARTS) is 1. The number of carbonyl (C=O) groups is 1. The van der Waals surface area contributed by atoms with Crippen LogP contribution in [-0.4, -0.2) is 20.7 Å². The third-order valence-electron chi connectivity index (χ3n) is 1.92. The van der Waals surface area contributed by atoms with Crippen molar-refractivity contribution in [3.63, 3.8) is 0 Å². The predicted octanol–water partition coefficient (Wildman–Crippen LogP) is 2.58. The van der Waals surface area contributed by atoms with Gasteiger partial charge >= 0.3 is 5.97 Å². The van der Waals surface area contributed by atoms with Gasteiger partial charge in [-0.25, -0.2) is 4.79 Å². The normalized spacial score (nSPS) is 10.2. The molecule has 0 atom stereocenters. The second kappa shape index (κ2) is 5.24. The second-order valence-electron chi connectivity index (χ2n) is 3.10. The Hall–Kier alpha value is -1.47. The minimum absolute atomic E-state index is 0.0509. The van der Waals surface area contributed by atoms with E-state index in [0.717, 1.165) is 16.0 Å². The molecule has 0 fully saturated rings. The first-order valence-electron chi connectivity index (χ1n) is 4.59. The van der Waals surface area contributed by atoms with Crippen molar-refractivity contribution in [2.45, 2.75) is 6.61 Å². The zero-order chi connectivity index (χ0) is 12.3. The van der Waals surface area contributed by atoms with Crippen LogP contribution >= 0.6 is 27.5 Å². The van der Waals surface area contributed by atoms with E-state index >= 15 is 0 Å². The topological polar surface area (TPSA) is 72.3 Å². The van der Waals surface area contributed by atoms with Crippen LogP contribution in [0.4, 0.5) is 0 Å². The van der Waals surface area contributed by atoms with Gasteiger partial charge in [-0.1, -0.05) is 26.5 Å². The highest BCUT2D eigenvalue weighted by molar-refractivity contribution is 9.10. The van der Waals surface area contributed by atoms with Crippen LogP contribution in [0.2, 0.25) is 0 Å². The van der Waals surface area contributed by atoms with Crippen molar-refractivity contribution in [3.8, 4) is 5.75 Å². The fraction of sp³-hybridized carbons (Fsp3) is 0.100. The van der Waals surface area contributed by atoms with Crippen molar-refractivity contribution in [2.24, 2.45) is 0 Å². The number of carboxylic acids is 1. The molecule has 2 rings (SSSR count). The highest BCUT2D eigenvalue weighted by atomic mass is 79.9. The molecule has 5 nitrogen and oxygen atoms in total. The summed E-state index contributed by atoms with van der Waals surface area (Å²) < 4.78 is 9.95. The van der Waals surface area contributed by atoms with Crippen LogP contribution in [0.15, 0.2) is 28.7 Å². The molecular formula is C10H7BrN2O3S. The zero-order valence-electron chi connectivity index (χ0n) is 8.46. The first-order valence-corrected chi connectivity index (χ1v) is 6.16. The number of aromatic carboxylic acids is 1. The summed E-state index contributed by atoms with van der Waals surface area (Å²) in [5.41, 5.74) is -0.0509. The zero-order valence-corrected chi connectivity index (χ0v) is 10.9. The van der Waals surface area contributed by atoms with Crippen molar-refractivity contribution in [1.29, 1.82) is 0 Å². The maximum absolute atomic E-state index is 10.8. The third-order valence-corrected chi connectivity index (χ3v) is 3.11. The molecule has 0 aliphatic rings. The third kappa shape index (κ3) is 3.01. The lowest BCUT2D eigenvalue weighted by Crippen LogP contribution is -2.03. The Bertz CT molecular complexity index is 544. The molecule has 0 amide bonds. The van der Waals surface area contributed by atoms with Crippen molar-refractivity contribution >= 4 is 33.4 Å². The number of hydrogen-bond donors (Lipinski definition) is 1. The number of hydrogen-bond acceptors (Lipinski definition) is 5. The van der Waals surface area contributed by atoms with Crippen LogP contribution in [-0.2, 0) is 6.61 Å². The summed E-state index contributed by atoms with van der Waals surface area (Å²) >= 11 is 4.35. The molecule has 88 valence electrons. The number of ether oxygens (including phenoxy) is 1. The van der Waals surface area contributed by atoms with Crippen molar-refractivity contribution < 1.29 is 14.6 Å². The minimum atomic E-state index is -1.09. The standard InChI is InChI=1S/C10H7BrN2O3S/c11-6-2-1-3-7(4-6)16-5-8-9(10(14)15)12-13-17-8/h1-4H,5H2,(H,14,15). The van der Waals surface area contributed by atoms with Crippen molar-refractivity contribution in [3.05, 3.63) is 39.3 Å². The van der Waals surface area contributed by atoms with Crippen molar-refractivity contribution in [1.82, 2.24) is 9.59 Å². The minimum Gasteiger partial charge on any atom is -0.488 e. The summed E-state index contributed by atoms with van der Waals surface area (Å²) in [7, 11) is 0. The summed E-state index contributed by atoms with van der Waals surface area (Å²) in [6, 6.07) is 7.31. The van der Waals surface area contributed by atoms with Crippen LogP contribution in [0.25, 0.3) is 0 Å². The van der Waals surface area contributed by atoms with Crippen LogP contribution < -0.4 is 4.74 Å². The van der Waals surface area contributed by atoms with Gasteiger partial charge in [-0.15, -0.1) is 5.10 Å². The lowest BCUT2D eigenvalue weighted by Gasteiger charge is -2.04. The maximum atomic E-state index is 10.8. The molecule has 1 aromatic heterocycles. The van der Waals surface area contributed by atoms with Gasteiger partial charge < -0.3 is 9.84 Å². The van der Waals surface area contributed by atoms with Gasteiger partial charge in [-0.05, 0) is 29.7 Å². The molecule has 0 saturated carbocycles. The Morgan fingerprint density at radius 2 is 2.35 bits per heavy atom. The predicted molar refractivity (Wildman–Crippen MR) is 65.3 cm³/mol. The summed E-state index contributed by atoms with van der Waals surface area (Å²) in [4.78, 5) is 11.3. The Morgan fingerprint density at radius 1 is 1.53 bits per heavy atom. The molecule has 1 N–H and O–H groups in total. The van der Waals surface area contributed by atoms with Crippen LogP contribution in [0.1, 0.15) is 15.4 Å². The van der Waals surface area contributed by atoms with Crippen LogP contribution in [0.5, 0.6) is 5.75 Å². The average Bonchev–Trinajstić information content (AvgIpc) is 2.74. The number of rotatable bonds is 4. The monoisotopic (exact) mass is 314 g/mol. The first-order chi connectivity index (χ1) is 8.16. The SMILES string of the molecule is O=C(O)c1nnsc1COc1cccc(Br)c1. The van der Waals surface area contributed by atoms with E-state index in [1.54, 1.807) is 12.1 Å². The maximum Gasteiger partial charge on any atom is 0.357 e. The fourth-order valence-electron chi connectivity index (χ4n) is 1.17. The van der Waals surface area contributed by atoms with E-state index in [-0.39, 0.29) is 12.3 Å². The van der Waals surface area contributed by atoms with Crippen LogP contribution in [0.3, 0.4) is 0 Å². The van der Waals surface area contributed by atoms with Gasteiger partial charge in [0.05, 0.1) is 4.88 Å². The van der Waals surface area contributed by atoms with E-state index in [4.69, 9.17) is 9.84 Å². The molecule has 2 aromatic rings. The lowest BCUT2D eigenvalue weighted by molar-refractivity contribution is 0.0687. The molecule has 0 aliphatic heterocycles. The molecule has 0 spiro atoms. The average molecular weight is 315 g/mol. The summed E-state index contributed by atoms with van der Waals surface area (Å²) in [5, 5.41) is 12.4. The van der Waals surface area contributed by atoms with Gasteiger partial charge in [-0.3, -0.25) is 0 Å². The second-order valence-corrected chi connectivity index (χ2v) is 4.85. The molecule has 0 unspecified atom stereocenters. The van der Waals surface area contributed by atoms with E-state index < -0.39 is 5.97 Å². The van der Waals surface area contributed by atoms with E-state index in [1.807, 2.05) is 12.1 Å². The molecule has 7 heteroatoms. The van der Waals surface area contributed by atoms with Gasteiger partial charge in [0.1, 0.15) is 12.4 Å². The number of benzene rings is 1. The van der Waals surface area contributed by atoms with Gasteiger partial charge in [0.15, 0.2) is 5.69 Å². The van der Waals surface area contributed by atoms with Gasteiger partial charge in [0.25, 0.3) is 0 Å². The molecule has 0 bridgehead atoms. The Balaban J connectivity index is 2.07. The van der Waals surface area contributed by atoms with E-state index in [0.29, 0.717) is 10.6 Å². The summed E-state index contributed by atoms with van der Waals surface area (Å²) in [5.74, 6) is -0.435. The van der Waals surface area contributed by atoms with Gasteiger partial charge in [0, 0.05) is 4.47 Å². The molecule has 1 aromatic carbocycles. The van der Waals surface area contributed by atoms with E-state index in [2.05, 4.69) is 25.5 Å². The highest BCUT2D eigenvalue weighted by Gasteiger charge is 2.15. The fourth-order valence-corrected chi connectivity index (χ4v) is 2.10. The van der Waals surface area contributed by atoms with Crippen molar-refractivity contribution in [2.75, 3.05) is 0 Å². The summed E-state index contributed by atoms with van der Waals surface area (Å²) in [6.45, 7) is 0.149. The van der Waals surface area contributed by atoms with E-state index in [1.165, 1.54) is 0 Å². The van der Waals surface area contributed by atoms with Gasteiger partial charge in [-0.2, -0.15) is 0 Å². The molecule has 0 radical (unpaired) electrons. The summed E-state index contributed by atoms with van der Waals surface area (Å²) in [6.07, 6.45) is 0. The Kier molecular flexibility index (Phi) is 3.70. The quantitative estimate of drug-likeness (QED) is 0.939. The highest BCUT2D eigenvalue weighted by Crippen LogP contribution is 2.20. The molecule has 1 heterocycles. The molecule has 0 aliphatic carbocycles. The first kappa shape index (κ1) is 12.0. The molecular weight excluding hydrogens is 308 g/mol. The number of halogens is 1. The smallest absolute Gasteiger partial charge is 0.357 e. The molecule has 17 heavy (non-hydrogen) atoms. The lowest BCUT2D eigenvalue weighted by atomic mass is 10.3. The number of aromatic nitrogens is 2. The van der Waals surface area contributed by atoms with E-state index in [9.17, 15) is 4.79 Å². The van der Waals surface area contributed by atoms with Crippen LogP contribution in [0, 0.1) is 0 Å². The largest absolute Gasteiger partial charge is 0.488 e.